The van der Waals surface area contributed by atoms with Crippen molar-refractivity contribution in [2.24, 2.45) is 0 Å². The number of allylic oxidation sites excluding steroid dienone is 2. The van der Waals surface area contributed by atoms with Gasteiger partial charge in [-0.2, -0.15) is 0 Å². The second-order valence-corrected chi connectivity index (χ2v) is 13.4. The third-order valence-electron chi connectivity index (χ3n) is 7.00. The molecule has 0 saturated heterocycles. The highest BCUT2D eigenvalue weighted by molar-refractivity contribution is 7.51. The largest absolute Gasteiger partial charge is 0.774 e. The number of quaternary nitrogens is 1. The molecule has 0 spiro atoms. The van der Waals surface area contributed by atoms with Crippen LogP contribution in [0.25, 0.3) is 0 Å². The summed E-state index contributed by atoms with van der Waals surface area (Å²) in [4.78, 5) is 12.6. The smallest absolute Gasteiger partial charge is 0.193 e. The molecule has 2 unspecified atom stereocenters. The minimum Gasteiger partial charge on any atom is -0.774 e. The Morgan fingerprint density at radius 3 is 1.70 bits per heavy atom. The lowest BCUT2D eigenvalue weighted by molar-refractivity contribution is -0.884. The van der Waals surface area contributed by atoms with Crippen LogP contribution in [0, 0.1) is 0 Å². The van der Waals surface area contributed by atoms with Crippen molar-refractivity contribution in [2.45, 2.75) is 135 Å². The van der Waals surface area contributed by atoms with Crippen LogP contribution in [-0.4, -0.2) is 64.4 Å². The molecule has 0 heterocycles. The molecule has 0 N–H and O–H groups in total. The maximum Gasteiger partial charge on any atom is 0.193 e. The molecule has 222 valence electrons. The van der Waals surface area contributed by atoms with Gasteiger partial charge in [-0.25, -0.2) is 0 Å². The number of unbranched alkanes of at least 4 members (excludes halogenated alkanes) is 14. The van der Waals surface area contributed by atoms with E-state index in [4.69, 9.17) is 14.0 Å². The first-order chi connectivity index (χ1) is 17.7. The number of hydrogen-bond donors (Lipinski definition) is 0. The Bertz CT molecular complexity index is 579. The summed E-state index contributed by atoms with van der Waals surface area (Å²) in [6.45, 7) is 5.17. The summed E-state index contributed by atoms with van der Waals surface area (Å²) in [5.41, 5.74) is 0. The Hall–Kier alpha value is -0.230. The van der Waals surface area contributed by atoms with Gasteiger partial charge in [-0.15, -0.1) is 0 Å². The first-order valence-corrected chi connectivity index (χ1v) is 16.8. The summed E-state index contributed by atoms with van der Waals surface area (Å²) in [7, 11) is 3.19. The van der Waals surface area contributed by atoms with Gasteiger partial charge in [-0.1, -0.05) is 96.6 Å². The lowest BCUT2D eigenvalue weighted by Crippen LogP contribution is -2.47. The number of nitrogens with zero attached hydrogens (tertiary/aromatic N) is 1. The fourth-order valence-corrected chi connectivity index (χ4v) is 6.51. The SMILES string of the molecule is CCCCCCCCC/C=C\CCCCCCCCCOC[C@H](COP(=O)([O-])C(CC)[N+](C)(C)C)OC. The summed E-state index contributed by atoms with van der Waals surface area (Å²) in [6, 6.07) is 0. The van der Waals surface area contributed by atoms with Gasteiger partial charge >= 0.3 is 0 Å². The summed E-state index contributed by atoms with van der Waals surface area (Å²) in [6.07, 6.45) is 25.8. The molecule has 0 aliphatic heterocycles. The van der Waals surface area contributed by atoms with E-state index in [2.05, 4.69) is 19.1 Å². The standard InChI is InChI=1S/C30H62NO5P/c1-7-9-10-11-12-13-14-15-16-17-18-19-20-21-22-23-24-25-26-35-27-29(34-6)28-36-37(32,33)30(8-2)31(3,4)5/h16-17,29-30H,7-15,18-28H2,1-6H3/b17-16-/t29-,30?/m1/s1. The molecular weight excluding hydrogens is 485 g/mol. The monoisotopic (exact) mass is 547 g/mol. The van der Waals surface area contributed by atoms with Crippen LogP contribution >= 0.6 is 7.60 Å². The van der Waals surface area contributed by atoms with Gasteiger partial charge in [-0.3, -0.25) is 0 Å². The van der Waals surface area contributed by atoms with Gasteiger partial charge in [-0.05, 0) is 32.1 Å². The lowest BCUT2D eigenvalue weighted by Gasteiger charge is -2.41. The normalized spacial score (nSPS) is 15.8. The number of methoxy groups -OCH3 is 1. The van der Waals surface area contributed by atoms with Crippen molar-refractivity contribution in [1.82, 2.24) is 0 Å². The van der Waals surface area contributed by atoms with Gasteiger partial charge in [0.2, 0.25) is 0 Å². The van der Waals surface area contributed by atoms with Crippen LogP contribution in [0.5, 0.6) is 0 Å². The van der Waals surface area contributed by atoms with Crippen molar-refractivity contribution >= 4 is 7.60 Å². The molecule has 7 heteroatoms. The molecule has 0 aromatic carbocycles. The maximum atomic E-state index is 12.6. The summed E-state index contributed by atoms with van der Waals surface area (Å²) in [5, 5.41) is 0. The molecule has 0 bridgehead atoms. The fourth-order valence-electron chi connectivity index (χ4n) is 4.67. The molecule has 3 atom stereocenters. The average molecular weight is 548 g/mol. The van der Waals surface area contributed by atoms with Crippen LogP contribution in [0.3, 0.4) is 0 Å². The van der Waals surface area contributed by atoms with Crippen LogP contribution in [0.2, 0.25) is 0 Å². The zero-order chi connectivity index (χ0) is 27.8. The van der Waals surface area contributed by atoms with Gasteiger partial charge in [0.25, 0.3) is 0 Å². The molecule has 6 nitrogen and oxygen atoms in total. The highest BCUT2D eigenvalue weighted by atomic mass is 31.2. The zero-order valence-electron chi connectivity index (χ0n) is 25.4. The second-order valence-electron chi connectivity index (χ2n) is 11.4. The van der Waals surface area contributed by atoms with Crippen molar-refractivity contribution in [3.8, 4) is 0 Å². The second kappa shape index (κ2) is 23.6. The maximum absolute atomic E-state index is 12.6. The topological polar surface area (TPSA) is 67.8 Å². The number of hydrogen-bond acceptors (Lipinski definition) is 5. The highest BCUT2D eigenvalue weighted by Gasteiger charge is 2.34. The zero-order valence-corrected chi connectivity index (χ0v) is 26.3. The van der Waals surface area contributed by atoms with Gasteiger partial charge in [0.15, 0.2) is 13.4 Å². The van der Waals surface area contributed by atoms with Gasteiger partial charge in [0.05, 0.1) is 34.4 Å². The van der Waals surface area contributed by atoms with Crippen molar-refractivity contribution < 1.29 is 27.9 Å². The Morgan fingerprint density at radius 1 is 0.757 bits per heavy atom. The Kier molecular flexibility index (Phi) is 23.5. The third-order valence-corrected chi connectivity index (χ3v) is 9.30. The van der Waals surface area contributed by atoms with Crippen molar-refractivity contribution in [3.05, 3.63) is 12.2 Å². The fraction of sp³-hybridized carbons (Fsp3) is 0.933. The first kappa shape index (κ1) is 36.8. The van der Waals surface area contributed by atoms with Gasteiger partial charge in [0.1, 0.15) is 6.10 Å². The molecular formula is C30H62NO5P. The minimum absolute atomic E-state index is 0.00207. The molecule has 0 aliphatic rings. The Balaban J connectivity index is 3.62. The summed E-state index contributed by atoms with van der Waals surface area (Å²) >= 11 is 0. The van der Waals surface area contributed by atoms with Crippen molar-refractivity contribution in [3.63, 3.8) is 0 Å². The molecule has 0 aromatic rings. The van der Waals surface area contributed by atoms with E-state index >= 15 is 0 Å². The van der Waals surface area contributed by atoms with Gasteiger partial charge in [0, 0.05) is 20.1 Å². The highest BCUT2D eigenvalue weighted by Crippen LogP contribution is 2.47. The molecule has 0 aliphatic carbocycles. The molecule has 0 saturated carbocycles. The number of ether oxygens (including phenoxy) is 2. The summed E-state index contributed by atoms with van der Waals surface area (Å²) < 4.78 is 29.3. The van der Waals surface area contributed by atoms with Crippen LogP contribution < -0.4 is 4.89 Å². The third kappa shape index (κ3) is 21.3. The molecule has 0 fully saturated rings. The van der Waals surface area contributed by atoms with Gasteiger partial charge < -0.3 is 27.9 Å². The number of rotatable bonds is 27. The van der Waals surface area contributed by atoms with E-state index in [-0.39, 0.29) is 12.7 Å². The molecule has 0 radical (unpaired) electrons. The predicted octanol–water partition coefficient (Wildman–Crippen LogP) is 7.85. The van der Waals surface area contributed by atoms with Crippen molar-refractivity contribution in [1.29, 1.82) is 0 Å². The summed E-state index contributed by atoms with van der Waals surface area (Å²) in [5.74, 6) is -0.567. The van der Waals surface area contributed by atoms with E-state index < -0.39 is 13.4 Å². The molecule has 37 heavy (non-hydrogen) atoms. The van der Waals surface area contributed by atoms with Crippen LogP contribution in [-0.2, 0) is 18.6 Å². The first-order valence-electron chi connectivity index (χ1n) is 15.2. The average Bonchev–Trinajstić information content (AvgIpc) is 2.84. The Labute approximate surface area is 230 Å². The van der Waals surface area contributed by atoms with Crippen LogP contribution in [0.4, 0.5) is 0 Å². The van der Waals surface area contributed by atoms with E-state index in [0.717, 1.165) is 6.42 Å². The van der Waals surface area contributed by atoms with Crippen LogP contribution in [0.15, 0.2) is 12.2 Å². The molecule has 0 aromatic heterocycles. The predicted molar refractivity (Wildman–Crippen MR) is 156 cm³/mol. The van der Waals surface area contributed by atoms with E-state index in [9.17, 15) is 9.46 Å². The van der Waals surface area contributed by atoms with E-state index in [0.29, 0.717) is 24.1 Å². The molecule has 0 amide bonds. The van der Waals surface area contributed by atoms with Crippen molar-refractivity contribution in [2.75, 3.05) is 48.1 Å². The minimum atomic E-state index is -3.99. The molecule has 0 rings (SSSR count). The van der Waals surface area contributed by atoms with E-state index in [1.807, 2.05) is 28.1 Å². The van der Waals surface area contributed by atoms with E-state index in [1.54, 1.807) is 7.11 Å². The van der Waals surface area contributed by atoms with Crippen LogP contribution in [0.1, 0.15) is 123 Å². The Morgan fingerprint density at radius 2 is 1.24 bits per heavy atom. The quantitative estimate of drug-likeness (QED) is 0.0453. The lowest BCUT2D eigenvalue weighted by atomic mass is 10.1. The van der Waals surface area contributed by atoms with E-state index in [1.165, 1.54) is 96.3 Å².